The van der Waals surface area contributed by atoms with Crippen molar-refractivity contribution in [1.82, 2.24) is 10.3 Å². The van der Waals surface area contributed by atoms with E-state index in [-0.39, 0.29) is 5.56 Å². The third kappa shape index (κ3) is 4.14. The SMILES string of the molecule is Cc1ccc(-c2nc(C)c(CCNC(=O)c3ccc(F)cc3F)s2)cc1. The van der Waals surface area contributed by atoms with Gasteiger partial charge in [-0.2, -0.15) is 0 Å². The molecule has 0 aliphatic heterocycles. The van der Waals surface area contributed by atoms with Gasteiger partial charge in [-0.15, -0.1) is 11.3 Å². The van der Waals surface area contributed by atoms with Crippen LogP contribution in [0, 0.1) is 25.5 Å². The number of carbonyl (C=O) groups excluding carboxylic acids is 1. The van der Waals surface area contributed by atoms with E-state index in [1.807, 2.05) is 38.1 Å². The van der Waals surface area contributed by atoms with Gasteiger partial charge in [0, 0.05) is 29.5 Å². The molecule has 1 amide bonds. The van der Waals surface area contributed by atoms with Gasteiger partial charge in [0.25, 0.3) is 5.91 Å². The Morgan fingerprint density at radius 1 is 1.12 bits per heavy atom. The second-order valence-electron chi connectivity index (χ2n) is 6.02. The fourth-order valence-electron chi connectivity index (χ4n) is 2.54. The maximum Gasteiger partial charge on any atom is 0.254 e. The predicted octanol–water partition coefficient (Wildman–Crippen LogP) is 4.68. The van der Waals surface area contributed by atoms with E-state index in [1.165, 1.54) is 5.56 Å². The van der Waals surface area contributed by atoms with Crippen molar-refractivity contribution in [3.8, 4) is 10.6 Å². The summed E-state index contributed by atoms with van der Waals surface area (Å²) < 4.78 is 26.5. The molecule has 0 radical (unpaired) electrons. The molecule has 0 bridgehead atoms. The zero-order valence-corrected chi connectivity index (χ0v) is 15.3. The van der Waals surface area contributed by atoms with E-state index < -0.39 is 17.5 Å². The summed E-state index contributed by atoms with van der Waals surface area (Å²) in [5, 5.41) is 3.61. The van der Waals surface area contributed by atoms with Crippen LogP contribution in [0.2, 0.25) is 0 Å². The van der Waals surface area contributed by atoms with E-state index in [0.29, 0.717) is 19.0 Å². The van der Waals surface area contributed by atoms with Crippen molar-refractivity contribution < 1.29 is 13.6 Å². The second-order valence-corrected chi connectivity index (χ2v) is 7.11. The van der Waals surface area contributed by atoms with Gasteiger partial charge in [-0.1, -0.05) is 29.8 Å². The van der Waals surface area contributed by atoms with Gasteiger partial charge < -0.3 is 5.32 Å². The number of thiazole rings is 1. The van der Waals surface area contributed by atoms with E-state index in [0.717, 1.165) is 33.3 Å². The first-order valence-corrected chi connectivity index (χ1v) is 9.02. The van der Waals surface area contributed by atoms with Crippen LogP contribution in [-0.4, -0.2) is 17.4 Å². The number of aryl methyl sites for hydroxylation is 2. The molecule has 0 unspecified atom stereocenters. The highest BCUT2D eigenvalue weighted by molar-refractivity contribution is 7.15. The molecule has 0 saturated heterocycles. The highest BCUT2D eigenvalue weighted by Gasteiger charge is 2.13. The zero-order valence-electron chi connectivity index (χ0n) is 14.5. The Bertz CT molecular complexity index is 935. The first kappa shape index (κ1) is 18.2. The van der Waals surface area contributed by atoms with Gasteiger partial charge in [0.1, 0.15) is 16.6 Å². The maximum atomic E-state index is 13.6. The largest absolute Gasteiger partial charge is 0.352 e. The molecule has 0 saturated carbocycles. The molecule has 26 heavy (non-hydrogen) atoms. The normalized spacial score (nSPS) is 10.8. The number of rotatable bonds is 5. The standard InChI is InChI=1S/C20H18F2N2OS/c1-12-3-5-14(6-4-12)20-24-13(2)18(26-20)9-10-23-19(25)16-8-7-15(21)11-17(16)22/h3-8,11H,9-10H2,1-2H3,(H,23,25). The number of amides is 1. The summed E-state index contributed by atoms with van der Waals surface area (Å²) in [6.07, 6.45) is 0.601. The number of hydrogen-bond donors (Lipinski definition) is 1. The van der Waals surface area contributed by atoms with Crippen LogP contribution >= 0.6 is 11.3 Å². The molecule has 0 aliphatic carbocycles. The molecule has 1 heterocycles. The van der Waals surface area contributed by atoms with Crippen LogP contribution in [0.25, 0.3) is 10.6 Å². The predicted molar refractivity (Wildman–Crippen MR) is 99.4 cm³/mol. The van der Waals surface area contributed by atoms with Gasteiger partial charge in [-0.3, -0.25) is 4.79 Å². The van der Waals surface area contributed by atoms with Crippen LogP contribution in [0.3, 0.4) is 0 Å². The Labute approximate surface area is 154 Å². The Hall–Kier alpha value is -2.60. The fraction of sp³-hybridized carbons (Fsp3) is 0.200. The monoisotopic (exact) mass is 372 g/mol. The van der Waals surface area contributed by atoms with Crippen molar-refractivity contribution in [2.24, 2.45) is 0 Å². The summed E-state index contributed by atoms with van der Waals surface area (Å²) >= 11 is 1.58. The summed E-state index contributed by atoms with van der Waals surface area (Å²) in [7, 11) is 0. The van der Waals surface area contributed by atoms with Crippen LogP contribution < -0.4 is 5.32 Å². The topological polar surface area (TPSA) is 42.0 Å². The average molecular weight is 372 g/mol. The lowest BCUT2D eigenvalue weighted by atomic mass is 10.2. The van der Waals surface area contributed by atoms with Gasteiger partial charge in [-0.25, -0.2) is 13.8 Å². The van der Waals surface area contributed by atoms with Gasteiger partial charge in [-0.05, 0) is 26.0 Å². The molecule has 0 spiro atoms. The Morgan fingerprint density at radius 3 is 2.54 bits per heavy atom. The van der Waals surface area contributed by atoms with Crippen molar-refractivity contribution in [2.75, 3.05) is 6.54 Å². The minimum absolute atomic E-state index is 0.159. The summed E-state index contributed by atoms with van der Waals surface area (Å²) in [6, 6.07) is 11.1. The van der Waals surface area contributed by atoms with Crippen LogP contribution in [0.1, 0.15) is 26.5 Å². The van der Waals surface area contributed by atoms with Crippen molar-refractivity contribution in [2.45, 2.75) is 20.3 Å². The lowest BCUT2D eigenvalue weighted by molar-refractivity contribution is 0.0950. The Balaban J connectivity index is 1.63. The third-order valence-electron chi connectivity index (χ3n) is 4.00. The molecular formula is C20H18F2N2OS. The molecule has 0 fully saturated rings. The Morgan fingerprint density at radius 2 is 1.85 bits per heavy atom. The van der Waals surface area contributed by atoms with Crippen molar-refractivity contribution >= 4 is 17.2 Å². The van der Waals surface area contributed by atoms with Crippen LogP contribution in [-0.2, 0) is 6.42 Å². The number of benzene rings is 2. The molecule has 2 aromatic carbocycles. The molecule has 1 aromatic heterocycles. The van der Waals surface area contributed by atoms with Crippen LogP contribution in [0.15, 0.2) is 42.5 Å². The molecule has 0 atom stereocenters. The molecular weight excluding hydrogens is 354 g/mol. The summed E-state index contributed by atoms with van der Waals surface area (Å²) in [6.45, 7) is 4.33. The van der Waals surface area contributed by atoms with Gasteiger partial charge in [0.2, 0.25) is 0 Å². The van der Waals surface area contributed by atoms with Crippen LogP contribution in [0.5, 0.6) is 0 Å². The number of aromatic nitrogens is 1. The fourth-order valence-corrected chi connectivity index (χ4v) is 3.61. The van der Waals surface area contributed by atoms with Crippen molar-refractivity contribution in [1.29, 1.82) is 0 Å². The molecule has 6 heteroatoms. The average Bonchev–Trinajstić information content (AvgIpc) is 2.96. The third-order valence-corrected chi connectivity index (χ3v) is 5.27. The number of carbonyl (C=O) groups is 1. The van der Waals surface area contributed by atoms with E-state index in [9.17, 15) is 13.6 Å². The molecule has 1 N–H and O–H groups in total. The highest BCUT2D eigenvalue weighted by Crippen LogP contribution is 2.28. The number of nitrogens with zero attached hydrogens (tertiary/aromatic N) is 1. The zero-order chi connectivity index (χ0) is 18.7. The number of nitrogens with one attached hydrogen (secondary N) is 1. The minimum Gasteiger partial charge on any atom is -0.352 e. The smallest absolute Gasteiger partial charge is 0.254 e. The maximum absolute atomic E-state index is 13.6. The quantitative estimate of drug-likeness (QED) is 0.707. The van der Waals surface area contributed by atoms with E-state index in [1.54, 1.807) is 11.3 Å². The molecule has 3 nitrogen and oxygen atoms in total. The summed E-state index contributed by atoms with van der Waals surface area (Å²) in [4.78, 5) is 17.7. The first-order chi connectivity index (χ1) is 12.4. The molecule has 134 valence electrons. The van der Waals surface area contributed by atoms with E-state index >= 15 is 0 Å². The Kier molecular flexibility index (Phi) is 5.42. The minimum atomic E-state index is -0.863. The van der Waals surface area contributed by atoms with Crippen molar-refractivity contribution in [3.05, 3.63) is 75.8 Å². The van der Waals surface area contributed by atoms with E-state index in [2.05, 4.69) is 10.3 Å². The number of halogens is 2. The number of hydrogen-bond acceptors (Lipinski definition) is 3. The lowest BCUT2D eigenvalue weighted by Gasteiger charge is -2.05. The van der Waals surface area contributed by atoms with Gasteiger partial charge >= 0.3 is 0 Å². The highest BCUT2D eigenvalue weighted by atomic mass is 32.1. The summed E-state index contributed by atoms with van der Waals surface area (Å²) in [5.41, 5.74) is 3.02. The molecule has 3 rings (SSSR count). The first-order valence-electron chi connectivity index (χ1n) is 8.20. The van der Waals surface area contributed by atoms with Crippen LogP contribution in [0.4, 0.5) is 8.78 Å². The lowest BCUT2D eigenvalue weighted by Crippen LogP contribution is -2.26. The second kappa shape index (κ2) is 7.74. The summed E-state index contributed by atoms with van der Waals surface area (Å²) in [5.74, 6) is -2.12. The van der Waals surface area contributed by atoms with E-state index in [4.69, 9.17) is 0 Å². The van der Waals surface area contributed by atoms with Crippen molar-refractivity contribution in [3.63, 3.8) is 0 Å². The molecule has 3 aromatic rings. The van der Waals surface area contributed by atoms with Gasteiger partial charge in [0.05, 0.1) is 11.3 Å². The molecule has 0 aliphatic rings. The van der Waals surface area contributed by atoms with Gasteiger partial charge in [0.15, 0.2) is 0 Å².